The van der Waals surface area contributed by atoms with E-state index in [0.29, 0.717) is 24.3 Å². The van der Waals surface area contributed by atoms with Crippen molar-refractivity contribution in [3.05, 3.63) is 29.7 Å². The molecule has 1 aromatic heterocycles. The minimum atomic E-state index is -0.929. The summed E-state index contributed by atoms with van der Waals surface area (Å²) in [5.74, 6) is -1.67. The predicted octanol–water partition coefficient (Wildman–Crippen LogP) is 1.27. The highest BCUT2D eigenvalue weighted by Crippen LogP contribution is 2.26. The number of carboxylic acids is 1. The van der Waals surface area contributed by atoms with Crippen LogP contribution in [0, 0.1) is 18.8 Å². The Morgan fingerprint density at radius 1 is 1.42 bits per heavy atom. The molecule has 1 heterocycles. The maximum absolute atomic E-state index is 12.0. The molecule has 102 valence electrons. The minimum Gasteiger partial charge on any atom is -0.481 e. The molecule has 1 aromatic rings. The number of allylic oxidation sites excluding steroid dienone is 2. The molecule has 1 aliphatic rings. The van der Waals surface area contributed by atoms with Crippen molar-refractivity contribution >= 4 is 11.9 Å². The molecule has 0 unspecified atom stereocenters. The number of hydrogen-bond donors (Lipinski definition) is 2. The lowest BCUT2D eigenvalue weighted by molar-refractivity contribution is -0.147. The number of rotatable bonds is 4. The summed E-state index contributed by atoms with van der Waals surface area (Å²) in [7, 11) is 0. The quantitative estimate of drug-likeness (QED) is 0.799. The van der Waals surface area contributed by atoms with E-state index in [4.69, 9.17) is 9.63 Å². The summed E-state index contributed by atoms with van der Waals surface area (Å²) in [4.78, 5) is 23.1. The van der Waals surface area contributed by atoms with Crippen LogP contribution in [0.3, 0.4) is 0 Å². The van der Waals surface area contributed by atoms with Gasteiger partial charge in [-0.05, 0) is 19.8 Å². The van der Waals surface area contributed by atoms with Crippen molar-refractivity contribution in [2.75, 3.05) is 0 Å². The largest absolute Gasteiger partial charge is 0.481 e. The van der Waals surface area contributed by atoms with Crippen LogP contribution >= 0.6 is 0 Å². The number of nitrogens with zero attached hydrogens (tertiary/aromatic N) is 1. The van der Waals surface area contributed by atoms with Crippen molar-refractivity contribution < 1.29 is 19.2 Å². The number of amides is 1. The number of carbonyl (C=O) groups excluding carboxylic acids is 1. The minimum absolute atomic E-state index is 0.252. The van der Waals surface area contributed by atoms with E-state index in [9.17, 15) is 9.59 Å². The van der Waals surface area contributed by atoms with E-state index < -0.39 is 17.8 Å². The summed E-state index contributed by atoms with van der Waals surface area (Å²) in [6.07, 6.45) is 4.52. The van der Waals surface area contributed by atoms with Gasteiger partial charge in [-0.25, -0.2) is 0 Å². The summed E-state index contributed by atoms with van der Waals surface area (Å²) < 4.78 is 4.90. The first-order valence-corrected chi connectivity index (χ1v) is 6.15. The first-order chi connectivity index (χ1) is 9.08. The molecule has 19 heavy (non-hydrogen) atoms. The molecule has 0 bridgehead atoms. The van der Waals surface area contributed by atoms with Gasteiger partial charge in [-0.2, -0.15) is 0 Å². The zero-order valence-corrected chi connectivity index (χ0v) is 10.6. The molecule has 1 aliphatic carbocycles. The van der Waals surface area contributed by atoms with Gasteiger partial charge in [0, 0.05) is 6.07 Å². The number of nitrogens with one attached hydrogen (secondary N) is 1. The molecule has 0 spiro atoms. The Morgan fingerprint density at radius 3 is 2.68 bits per heavy atom. The number of carboxylic acid groups (broad SMARTS) is 1. The SMILES string of the molecule is Cc1cc(CNC(=O)[C@@H]2CC=CC[C@@H]2C(=O)O)no1. The van der Waals surface area contributed by atoms with Crippen LogP contribution in [-0.2, 0) is 16.1 Å². The molecular weight excluding hydrogens is 248 g/mol. The number of carbonyl (C=O) groups is 2. The van der Waals surface area contributed by atoms with Gasteiger partial charge in [-0.1, -0.05) is 17.3 Å². The normalized spacial score (nSPS) is 22.2. The summed E-state index contributed by atoms with van der Waals surface area (Å²) in [6, 6.07) is 1.73. The highest BCUT2D eigenvalue weighted by Gasteiger charge is 2.33. The monoisotopic (exact) mass is 264 g/mol. The molecule has 2 rings (SSSR count). The Kier molecular flexibility index (Phi) is 3.99. The van der Waals surface area contributed by atoms with E-state index in [2.05, 4.69) is 10.5 Å². The second-order valence-corrected chi connectivity index (χ2v) is 4.64. The molecule has 6 nitrogen and oxygen atoms in total. The van der Waals surface area contributed by atoms with Crippen molar-refractivity contribution in [3.8, 4) is 0 Å². The summed E-state index contributed by atoms with van der Waals surface area (Å²) in [5, 5.41) is 15.6. The highest BCUT2D eigenvalue weighted by atomic mass is 16.5. The second kappa shape index (κ2) is 5.69. The zero-order chi connectivity index (χ0) is 13.8. The van der Waals surface area contributed by atoms with Gasteiger partial charge in [-0.15, -0.1) is 0 Å². The Balaban J connectivity index is 1.95. The number of aliphatic carboxylic acids is 1. The molecule has 6 heteroatoms. The predicted molar refractivity (Wildman–Crippen MR) is 66.1 cm³/mol. The molecule has 0 fully saturated rings. The third-order valence-electron chi connectivity index (χ3n) is 3.21. The van der Waals surface area contributed by atoms with Crippen molar-refractivity contribution in [2.45, 2.75) is 26.3 Å². The van der Waals surface area contributed by atoms with Crippen LogP contribution in [0.25, 0.3) is 0 Å². The summed E-state index contributed by atoms with van der Waals surface area (Å²) in [6.45, 7) is 2.02. The van der Waals surface area contributed by atoms with Crippen LogP contribution in [0.4, 0.5) is 0 Å². The van der Waals surface area contributed by atoms with Gasteiger partial charge in [0.1, 0.15) is 11.5 Å². The highest BCUT2D eigenvalue weighted by molar-refractivity contribution is 5.85. The van der Waals surface area contributed by atoms with E-state index >= 15 is 0 Å². The molecule has 0 aliphatic heterocycles. The smallest absolute Gasteiger partial charge is 0.307 e. The average molecular weight is 264 g/mol. The van der Waals surface area contributed by atoms with Crippen LogP contribution in [0.2, 0.25) is 0 Å². The van der Waals surface area contributed by atoms with E-state index in [0.717, 1.165) is 0 Å². The molecule has 2 N–H and O–H groups in total. The van der Waals surface area contributed by atoms with E-state index in [1.54, 1.807) is 13.0 Å². The Bertz CT molecular complexity index is 506. The number of aryl methyl sites for hydroxylation is 1. The molecule has 2 atom stereocenters. The third-order valence-corrected chi connectivity index (χ3v) is 3.21. The van der Waals surface area contributed by atoms with Crippen molar-refractivity contribution in [2.24, 2.45) is 11.8 Å². The first-order valence-electron chi connectivity index (χ1n) is 6.15. The van der Waals surface area contributed by atoms with Gasteiger partial charge in [0.2, 0.25) is 5.91 Å². The van der Waals surface area contributed by atoms with Gasteiger partial charge in [0.25, 0.3) is 0 Å². The second-order valence-electron chi connectivity index (χ2n) is 4.64. The fourth-order valence-corrected chi connectivity index (χ4v) is 2.19. The molecular formula is C13H16N2O4. The van der Waals surface area contributed by atoms with E-state index in [-0.39, 0.29) is 12.5 Å². The number of aromatic nitrogens is 1. The molecule has 0 saturated heterocycles. The Morgan fingerprint density at radius 2 is 2.11 bits per heavy atom. The van der Waals surface area contributed by atoms with Crippen molar-refractivity contribution in [1.82, 2.24) is 10.5 Å². The lowest BCUT2D eigenvalue weighted by Gasteiger charge is -2.23. The fourth-order valence-electron chi connectivity index (χ4n) is 2.19. The maximum Gasteiger partial charge on any atom is 0.307 e. The van der Waals surface area contributed by atoms with Crippen LogP contribution in [0.5, 0.6) is 0 Å². The van der Waals surface area contributed by atoms with Gasteiger partial charge < -0.3 is 14.9 Å². The van der Waals surface area contributed by atoms with Crippen molar-refractivity contribution in [1.29, 1.82) is 0 Å². The summed E-state index contributed by atoms with van der Waals surface area (Å²) >= 11 is 0. The Labute approximate surface area is 110 Å². The zero-order valence-electron chi connectivity index (χ0n) is 10.6. The van der Waals surface area contributed by atoms with Gasteiger partial charge in [0.15, 0.2) is 0 Å². The van der Waals surface area contributed by atoms with Gasteiger partial charge in [-0.3, -0.25) is 9.59 Å². The van der Waals surface area contributed by atoms with Crippen molar-refractivity contribution in [3.63, 3.8) is 0 Å². The van der Waals surface area contributed by atoms with E-state index in [1.165, 1.54) is 0 Å². The average Bonchev–Trinajstić information content (AvgIpc) is 2.81. The molecule has 0 radical (unpaired) electrons. The molecule has 0 saturated carbocycles. The van der Waals surface area contributed by atoms with Crippen LogP contribution < -0.4 is 5.32 Å². The van der Waals surface area contributed by atoms with Gasteiger partial charge in [0.05, 0.1) is 18.4 Å². The number of hydrogen-bond acceptors (Lipinski definition) is 4. The summed E-state index contributed by atoms with van der Waals surface area (Å²) in [5.41, 5.74) is 0.629. The fraction of sp³-hybridized carbons (Fsp3) is 0.462. The first kappa shape index (κ1) is 13.3. The van der Waals surface area contributed by atoms with E-state index in [1.807, 2.05) is 12.2 Å². The lowest BCUT2D eigenvalue weighted by Crippen LogP contribution is -2.38. The molecule has 1 amide bonds. The van der Waals surface area contributed by atoms with Gasteiger partial charge >= 0.3 is 5.97 Å². The van der Waals surface area contributed by atoms with Crippen LogP contribution in [0.15, 0.2) is 22.7 Å². The molecule has 0 aromatic carbocycles. The topological polar surface area (TPSA) is 92.4 Å². The van der Waals surface area contributed by atoms with Crippen LogP contribution in [-0.4, -0.2) is 22.1 Å². The standard InChI is InChI=1S/C13H16N2O4/c1-8-6-9(15-19-8)7-14-12(16)10-4-2-3-5-11(10)13(17)18/h2-3,6,10-11H,4-5,7H2,1H3,(H,14,16)(H,17,18)/t10-,11+/m1/s1. The Hall–Kier alpha value is -2.11. The third kappa shape index (κ3) is 3.21. The van der Waals surface area contributed by atoms with Crippen LogP contribution in [0.1, 0.15) is 24.3 Å². The maximum atomic E-state index is 12.0. The lowest BCUT2D eigenvalue weighted by atomic mass is 9.82.